The second kappa shape index (κ2) is 7.65. The van der Waals surface area contributed by atoms with E-state index in [9.17, 15) is 9.59 Å². The first-order chi connectivity index (χ1) is 12.2. The van der Waals surface area contributed by atoms with Gasteiger partial charge in [-0.2, -0.15) is 0 Å². The highest BCUT2D eigenvalue weighted by atomic mass is 16.2. The molecule has 0 aliphatic carbocycles. The quantitative estimate of drug-likeness (QED) is 0.781. The third-order valence-electron chi connectivity index (χ3n) is 4.03. The van der Waals surface area contributed by atoms with Crippen molar-refractivity contribution in [1.82, 2.24) is 10.3 Å². The van der Waals surface area contributed by atoms with E-state index in [1.807, 2.05) is 24.3 Å². The minimum atomic E-state index is -0.304. The Morgan fingerprint density at radius 3 is 2.84 bits per heavy atom. The van der Waals surface area contributed by atoms with Crippen molar-refractivity contribution in [3.8, 4) is 0 Å². The van der Waals surface area contributed by atoms with E-state index >= 15 is 0 Å². The topological polar surface area (TPSA) is 86.4 Å². The lowest BCUT2D eigenvalue weighted by molar-refractivity contribution is -0.117. The van der Waals surface area contributed by atoms with Gasteiger partial charge in [0.15, 0.2) is 0 Å². The van der Waals surface area contributed by atoms with Crippen molar-refractivity contribution in [2.45, 2.75) is 19.4 Å². The van der Waals surface area contributed by atoms with Crippen molar-refractivity contribution >= 4 is 29.1 Å². The number of benzene rings is 1. The number of nitrogens with zero attached hydrogens (tertiary/aromatic N) is 2. The molecule has 7 nitrogen and oxygen atoms in total. The molecule has 25 heavy (non-hydrogen) atoms. The SMILES string of the molecule is CNc1ccc(NC(=O)NCc2cccc(N3CCCC3=O)c2)cn1. The number of urea groups is 1. The molecule has 1 aliphatic rings. The highest BCUT2D eigenvalue weighted by Crippen LogP contribution is 2.22. The molecular formula is C18H21N5O2. The first-order valence-electron chi connectivity index (χ1n) is 8.23. The predicted molar refractivity (Wildman–Crippen MR) is 97.7 cm³/mol. The second-order valence-corrected chi connectivity index (χ2v) is 5.81. The molecule has 0 radical (unpaired) electrons. The van der Waals surface area contributed by atoms with Crippen molar-refractivity contribution in [3.05, 3.63) is 48.2 Å². The van der Waals surface area contributed by atoms with Gasteiger partial charge in [-0.1, -0.05) is 12.1 Å². The average molecular weight is 339 g/mol. The van der Waals surface area contributed by atoms with Crippen molar-refractivity contribution in [2.24, 2.45) is 0 Å². The molecule has 7 heteroatoms. The average Bonchev–Trinajstić information content (AvgIpc) is 3.07. The fourth-order valence-electron chi connectivity index (χ4n) is 2.73. The van der Waals surface area contributed by atoms with Gasteiger partial charge >= 0.3 is 6.03 Å². The molecule has 1 aromatic heterocycles. The Bertz CT molecular complexity index is 760. The van der Waals surface area contributed by atoms with Crippen molar-refractivity contribution in [2.75, 3.05) is 29.1 Å². The van der Waals surface area contributed by atoms with E-state index in [0.717, 1.165) is 30.0 Å². The molecule has 1 aromatic carbocycles. The Hall–Kier alpha value is -3.09. The van der Waals surface area contributed by atoms with Crippen LogP contribution in [0.1, 0.15) is 18.4 Å². The number of carbonyl (C=O) groups excluding carboxylic acids is 2. The maximum absolute atomic E-state index is 12.0. The lowest BCUT2D eigenvalue weighted by Crippen LogP contribution is -2.28. The number of nitrogens with one attached hydrogen (secondary N) is 3. The molecule has 3 N–H and O–H groups in total. The smallest absolute Gasteiger partial charge is 0.319 e. The van der Waals surface area contributed by atoms with Crippen molar-refractivity contribution < 1.29 is 9.59 Å². The second-order valence-electron chi connectivity index (χ2n) is 5.81. The highest BCUT2D eigenvalue weighted by Gasteiger charge is 2.21. The van der Waals surface area contributed by atoms with E-state index in [-0.39, 0.29) is 11.9 Å². The molecule has 1 aliphatic heterocycles. The van der Waals surface area contributed by atoms with Crippen LogP contribution in [-0.4, -0.2) is 30.5 Å². The summed E-state index contributed by atoms with van der Waals surface area (Å²) in [5.41, 5.74) is 2.44. The Labute approximate surface area is 146 Å². The van der Waals surface area contributed by atoms with E-state index in [1.165, 1.54) is 0 Å². The van der Waals surface area contributed by atoms with Crippen LogP contribution in [-0.2, 0) is 11.3 Å². The summed E-state index contributed by atoms with van der Waals surface area (Å²) in [5.74, 6) is 0.889. The van der Waals surface area contributed by atoms with Gasteiger partial charge in [0, 0.05) is 32.2 Å². The molecule has 0 saturated carbocycles. The fraction of sp³-hybridized carbons (Fsp3) is 0.278. The molecule has 3 rings (SSSR count). The van der Waals surface area contributed by atoms with Gasteiger partial charge in [-0.3, -0.25) is 4.79 Å². The number of pyridine rings is 1. The van der Waals surface area contributed by atoms with Crippen LogP contribution >= 0.6 is 0 Å². The van der Waals surface area contributed by atoms with Gasteiger partial charge in [0.25, 0.3) is 0 Å². The molecule has 1 saturated heterocycles. The van der Waals surface area contributed by atoms with Gasteiger partial charge < -0.3 is 20.9 Å². The predicted octanol–water partition coefficient (Wildman–Crippen LogP) is 2.57. The lowest BCUT2D eigenvalue weighted by Gasteiger charge is -2.16. The number of hydrogen-bond donors (Lipinski definition) is 3. The van der Waals surface area contributed by atoms with Crippen molar-refractivity contribution in [3.63, 3.8) is 0 Å². The molecule has 0 bridgehead atoms. The summed E-state index contributed by atoms with van der Waals surface area (Å²) in [6, 6.07) is 10.9. The van der Waals surface area contributed by atoms with Gasteiger partial charge in [0.05, 0.1) is 11.9 Å². The standard InChI is InChI=1S/C18H21N5O2/c1-19-16-8-7-14(12-20-16)22-18(25)21-11-13-4-2-5-15(10-13)23-9-3-6-17(23)24/h2,4-5,7-8,10,12H,3,6,9,11H2,1H3,(H,19,20)(H2,21,22,25). The largest absolute Gasteiger partial charge is 0.373 e. The maximum atomic E-state index is 12.0. The van der Waals surface area contributed by atoms with Crippen LogP contribution in [0.25, 0.3) is 0 Å². The van der Waals surface area contributed by atoms with Gasteiger partial charge in [-0.25, -0.2) is 9.78 Å². The summed E-state index contributed by atoms with van der Waals surface area (Å²) in [6.45, 7) is 1.13. The Morgan fingerprint density at radius 2 is 2.16 bits per heavy atom. The minimum Gasteiger partial charge on any atom is -0.373 e. The molecule has 2 aromatic rings. The number of anilines is 3. The van der Waals surface area contributed by atoms with Gasteiger partial charge in [-0.15, -0.1) is 0 Å². The summed E-state index contributed by atoms with van der Waals surface area (Å²) < 4.78 is 0. The van der Waals surface area contributed by atoms with Crippen LogP contribution < -0.4 is 20.9 Å². The normalized spacial score (nSPS) is 13.6. The number of amides is 3. The summed E-state index contributed by atoms with van der Waals surface area (Å²) in [6.07, 6.45) is 3.08. The number of hydrogen-bond acceptors (Lipinski definition) is 4. The fourth-order valence-corrected chi connectivity index (χ4v) is 2.73. The van der Waals surface area contributed by atoms with E-state index in [0.29, 0.717) is 18.7 Å². The van der Waals surface area contributed by atoms with Crippen LogP contribution in [0, 0.1) is 0 Å². The molecule has 1 fully saturated rings. The molecule has 2 heterocycles. The van der Waals surface area contributed by atoms with Crippen LogP contribution in [0.3, 0.4) is 0 Å². The van der Waals surface area contributed by atoms with Crippen LogP contribution in [0.15, 0.2) is 42.6 Å². The van der Waals surface area contributed by atoms with Gasteiger partial charge in [-0.05, 0) is 36.2 Å². The molecule has 0 unspecified atom stereocenters. The van der Waals surface area contributed by atoms with Crippen LogP contribution in [0.4, 0.5) is 22.0 Å². The van der Waals surface area contributed by atoms with E-state index in [4.69, 9.17) is 0 Å². The third-order valence-corrected chi connectivity index (χ3v) is 4.03. The summed E-state index contributed by atoms with van der Waals surface area (Å²) in [5, 5.41) is 8.46. The molecule has 130 valence electrons. The minimum absolute atomic E-state index is 0.153. The van der Waals surface area contributed by atoms with Gasteiger partial charge in [0.2, 0.25) is 5.91 Å². The Kier molecular flexibility index (Phi) is 5.13. The van der Waals surface area contributed by atoms with Crippen molar-refractivity contribution in [1.29, 1.82) is 0 Å². The summed E-state index contributed by atoms with van der Waals surface area (Å²) in [4.78, 5) is 29.8. The Balaban J connectivity index is 1.55. The summed E-state index contributed by atoms with van der Waals surface area (Å²) in [7, 11) is 1.78. The third kappa shape index (κ3) is 4.26. The zero-order chi connectivity index (χ0) is 17.6. The molecule has 0 atom stereocenters. The maximum Gasteiger partial charge on any atom is 0.319 e. The highest BCUT2D eigenvalue weighted by molar-refractivity contribution is 5.95. The summed E-state index contributed by atoms with van der Waals surface area (Å²) >= 11 is 0. The molecule has 3 amide bonds. The van der Waals surface area contributed by atoms with Gasteiger partial charge in [0.1, 0.15) is 5.82 Å². The zero-order valence-electron chi connectivity index (χ0n) is 14.1. The first-order valence-corrected chi connectivity index (χ1v) is 8.23. The monoisotopic (exact) mass is 339 g/mol. The number of carbonyl (C=O) groups is 2. The number of rotatable bonds is 5. The molecular weight excluding hydrogens is 318 g/mol. The molecule has 0 spiro atoms. The van der Waals surface area contributed by atoms with E-state index < -0.39 is 0 Å². The first kappa shape index (κ1) is 16.8. The Morgan fingerprint density at radius 1 is 1.28 bits per heavy atom. The zero-order valence-corrected chi connectivity index (χ0v) is 14.1. The van der Waals surface area contributed by atoms with Crippen LogP contribution in [0.2, 0.25) is 0 Å². The van der Waals surface area contributed by atoms with E-state index in [1.54, 1.807) is 30.3 Å². The van der Waals surface area contributed by atoms with Crippen LogP contribution in [0.5, 0.6) is 0 Å². The van der Waals surface area contributed by atoms with E-state index in [2.05, 4.69) is 20.9 Å². The number of aromatic nitrogens is 1. The lowest BCUT2D eigenvalue weighted by atomic mass is 10.2.